The average molecular weight is 761 g/mol. The number of para-hydroxylation sites is 1. The Bertz CT molecular complexity index is 1810. The molecule has 3 aromatic carbocycles. The van der Waals surface area contributed by atoms with Crippen LogP contribution in [0.5, 0.6) is 5.75 Å². The van der Waals surface area contributed by atoms with E-state index in [0.29, 0.717) is 24.0 Å². The van der Waals surface area contributed by atoms with Crippen molar-refractivity contribution in [3.8, 4) is 5.75 Å². The lowest BCUT2D eigenvalue weighted by Crippen LogP contribution is -2.54. The van der Waals surface area contributed by atoms with E-state index in [9.17, 15) is 14.4 Å². The van der Waals surface area contributed by atoms with Crippen LogP contribution in [0.3, 0.4) is 0 Å². The third kappa shape index (κ3) is 13.0. The summed E-state index contributed by atoms with van der Waals surface area (Å²) in [6, 6.07) is 22.1. The second-order valence-electron chi connectivity index (χ2n) is 14.0. The summed E-state index contributed by atoms with van der Waals surface area (Å²) < 4.78 is 18.0. The van der Waals surface area contributed by atoms with Gasteiger partial charge in [0.05, 0.1) is 18.1 Å². The van der Waals surface area contributed by atoms with Gasteiger partial charge < -0.3 is 30.2 Å². The Hall–Kier alpha value is -4.75. The molecule has 4 amide bonds. The van der Waals surface area contributed by atoms with Crippen molar-refractivity contribution in [1.82, 2.24) is 31.4 Å². The summed E-state index contributed by atoms with van der Waals surface area (Å²) in [5, 5.41) is 11.8. The average Bonchev–Trinajstić information content (AvgIpc) is 3.12. The van der Waals surface area contributed by atoms with Crippen molar-refractivity contribution in [2.45, 2.75) is 78.5 Å². The van der Waals surface area contributed by atoms with Crippen molar-refractivity contribution in [3.05, 3.63) is 107 Å². The minimum atomic E-state index is -0.991. The fraction of sp³-hybridized carbons (Fsp3) is 0.415. The lowest BCUT2D eigenvalue weighted by atomic mass is 9.91. The van der Waals surface area contributed by atoms with Gasteiger partial charge in [0.25, 0.3) is 0 Å². The molecule has 1 heterocycles. The monoisotopic (exact) mass is 760 g/mol. The second kappa shape index (κ2) is 20.1. The van der Waals surface area contributed by atoms with Crippen LogP contribution >= 0.6 is 11.6 Å². The number of amides is 4. The number of urea groups is 1. The minimum Gasteiger partial charge on any atom is -0.488 e. The molecule has 1 unspecified atom stereocenters. The van der Waals surface area contributed by atoms with Crippen molar-refractivity contribution in [1.29, 1.82) is 0 Å². The molecule has 0 aliphatic heterocycles. The zero-order valence-electron chi connectivity index (χ0n) is 32.1. The number of fused-ring (bicyclic) bond motifs is 1. The number of ether oxygens (including phenoxy) is 3. The van der Waals surface area contributed by atoms with E-state index >= 15 is 0 Å². The fourth-order valence-electron chi connectivity index (χ4n) is 5.95. The molecule has 3 atom stereocenters. The molecule has 1 aromatic heterocycles. The van der Waals surface area contributed by atoms with Crippen LogP contribution in [0.4, 0.5) is 4.79 Å². The number of halogens is 1. The SMILES string of the molecule is CCOC(OCC)[C@@H](C)[C@H](NC(=O)C(Cc1ccc(OC(C)(C)C)cc1)NC(=O)CN(C)NC(=O)NCc1ccc(Cl)cc1)c1cccc2cccnc12. The van der Waals surface area contributed by atoms with Crippen LogP contribution in [0.15, 0.2) is 85.1 Å². The Kier molecular flexibility index (Phi) is 15.6. The Balaban J connectivity index is 1.56. The number of carbonyl (C=O) groups excluding carboxylic acids is 3. The smallest absolute Gasteiger partial charge is 0.329 e. The van der Waals surface area contributed by atoms with Crippen LogP contribution in [0.2, 0.25) is 5.02 Å². The zero-order chi connectivity index (χ0) is 39.3. The van der Waals surface area contributed by atoms with E-state index in [-0.39, 0.29) is 31.0 Å². The van der Waals surface area contributed by atoms with Crippen LogP contribution in [-0.4, -0.2) is 72.6 Å². The van der Waals surface area contributed by atoms with E-state index < -0.39 is 36.2 Å². The molecule has 54 heavy (non-hydrogen) atoms. The summed E-state index contributed by atoms with van der Waals surface area (Å²) in [5.74, 6) is -0.547. The van der Waals surface area contributed by atoms with E-state index in [1.165, 1.54) is 5.01 Å². The molecule has 0 bridgehead atoms. The molecule has 13 heteroatoms. The normalized spacial score (nSPS) is 13.3. The molecule has 0 fully saturated rings. The Morgan fingerprint density at radius 1 is 0.870 bits per heavy atom. The summed E-state index contributed by atoms with van der Waals surface area (Å²) >= 11 is 5.96. The number of carbonyl (C=O) groups is 3. The van der Waals surface area contributed by atoms with Crippen LogP contribution < -0.4 is 26.1 Å². The highest BCUT2D eigenvalue weighted by Crippen LogP contribution is 2.31. The van der Waals surface area contributed by atoms with Crippen molar-refractivity contribution in [2.24, 2.45) is 5.92 Å². The van der Waals surface area contributed by atoms with Crippen LogP contribution in [0, 0.1) is 5.92 Å². The highest BCUT2D eigenvalue weighted by Gasteiger charge is 2.33. The van der Waals surface area contributed by atoms with Gasteiger partial charge in [0, 0.05) is 61.3 Å². The maximum absolute atomic E-state index is 14.5. The Morgan fingerprint density at radius 2 is 1.52 bits per heavy atom. The number of likely N-dealkylation sites (N-methyl/N-ethyl adjacent to an activating group) is 1. The van der Waals surface area contributed by atoms with Gasteiger partial charge in [-0.15, -0.1) is 0 Å². The summed E-state index contributed by atoms with van der Waals surface area (Å²) in [5.41, 5.74) is 5.46. The number of hydrogen-bond donors (Lipinski definition) is 4. The van der Waals surface area contributed by atoms with E-state index in [0.717, 1.165) is 27.6 Å². The molecule has 0 spiro atoms. The van der Waals surface area contributed by atoms with E-state index in [2.05, 4.69) is 26.4 Å². The number of aromatic nitrogens is 1. The molecule has 4 N–H and O–H groups in total. The van der Waals surface area contributed by atoms with Gasteiger partial charge >= 0.3 is 6.03 Å². The number of benzene rings is 3. The fourth-order valence-corrected chi connectivity index (χ4v) is 6.07. The highest BCUT2D eigenvalue weighted by molar-refractivity contribution is 6.30. The highest BCUT2D eigenvalue weighted by atomic mass is 35.5. The van der Waals surface area contributed by atoms with Crippen molar-refractivity contribution in [3.63, 3.8) is 0 Å². The lowest BCUT2D eigenvalue weighted by molar-refractivity contribution is -0.170. The third-order valence-corrected chi connectivity index (χ3v) is 8.64. The first kappa shape index (κ1) is 42.0. The van der Waals surface area contributed by atoms with Gasteiger partial charge in [-0.2, -0.15) is 0 Å². The predicted molar refractivity (Wildman–Crippen MR) is 211 cm³/mol. The van der Waals surface area contributed by atoms with Crippen molar-refractivity contribution < 1.29 is 28.6 Å². The molecular formula is C41H53ClN6O6. The quantitative estimate of drug-likeness (QED) is 0.0681. The molecule has 0 aliphatic carbocycles. The maximum Gasteiger partial charge on any atom is 0.329 e. The standard InChI is InChI=1S/C41H53ClN6O6/c1-8-52-39(53-9-2)27(3)36(33-14-10-12-30-13-11-23-43-37(30)33)46-38(50)34(24-28-17-21-32(22-18-28)54-41(4,5)6)45-35(49)26-48(7)47-40(51)44-25-29-15-19-31(42)20-16-29/h10-23,27,34,36,39H,8-9,24-26H2,1-7H3,(H,45,49)(H,46,50)(H2,44,47,51)/t27-,34?,36-/m0/s1. The zero-order valence-corrected chi connectivity index (χ0v) is 32.9. The molecule has 0 saturated carbocycles. The molecule has 0 aliphatic rings. The maximum atomic E-state index is 14.5. The number of hydrogen-bond acceptors (Lipinski definition) is 8. The van der Waals surface area contributed by atoms with Crippen LogP contribution in [0.1, 0.15) is 64.3 Å². The van der Waals surface area contributed by atoms with Crippen molar-refractivity contribution >= 4 is 40.3 Å². The van der Waals surface area contributed by atoms with Gasteiger partial charge in [-0.1, -0.05) is 67.1 Å². The predicted octanol–water partition coefficient (Wildman–Crippen LogP) is 6.33. The molecule has 4 aromatic rings. The van der Waals surface area contributed by atoms with Gasteiger partial charge in [0.15, 0.2) is 6.29 Å². The number of pyridine rings is 1. The lowest BCUT2D eigenvalue weighted by Gasteiger charge is -2.33. The summed E-state index contributed by atoms with van der Waals surface area (Å²) in [6.45, 7) is 12.5. The first-order valence-electron chi connectivity index (χ1n) is 18.2. The van der Waals surface area contributed by atoms with Crippen molar-refractivity contribution in [2.75, 3.05) is 26.8 Å². The molecule has 0 radical (unpaired) electrons. The van der Waals surface area contributed by atoms with E-state index in [1.54, 1.807) is 25.4 Å². The topological polar surface area (TPSA) is 143 Å². The minimum absolute atomic E-state index is 0.182. The Morgan fingerprint density at radius 3 is 2.17 bits per heavy atom. The summed E-state index contributed by atoms with van der Waals surface area (Å²) in [6.07, 6.45) is 1.27. The number of rotatable bonds is 18. The summed E-state index contributed by atoms with van der Waals surface area (Å²) in [7, 11) is 1.57. The molecule has 4 rings (SSSR count). The Labute approximate surface area is 323 Å². The third-order valence-electron chi connectivity index (χ3n) is 8.39. The number of hydrazine groups is 1. The van der Waals surface area contributed by atoms with Gasteiger partial charge in [-0.3, -0.25) is 20.0 Å². The van der Waals surface area contributed by atoms with Gasteiger partial charge in [0.1, 0.15) is 17.4 Å². The van der Waals surface area contributed by atoms with E-state index in [1.807, 2.05) is 108 Å². The first-order chi connectivity index (χ1) is 25.8. The largest absolute Gasteiger partial charge is 0.488 e. The number of nitrogens with one attached hydrogen (secondary N) is 4. The van der Waals surface area contributed by atoms with Crippen LogP contribution in [-0.2, 0) is 32.0 Å². The summed E-state index contributed by atoms with van der Waals surface area (Å²) in [4.78, 5) is 45.2. The second-order valence-corrected chi connectivity index (χ2v) is 14.4. The molecule has 0 saturated heterocycles. The van der Waals surface area contributed by atoms with E-state index in [4.69, 9.17) is 25.8 Å². The van der Waals surface area contributed by atoms with Crippen LogP contribution in [0.25, 0.3) is 10.9 Å². The molecule has 12 nitrogen and oxygen atoms in total. The van der Waals surface area contributed by atoms with Gasteiger partial charge in [-0.05, 0) is 76.1 Å². The number of nitrogens with zero attached hydrogens (tertiary/aromatic N) is 2. The molecular weight excluding hydrogens is 708 g/mol. The molecule has 290 valence electrons. The first-order valence-corrected chi connectivity index (χ1v) is 18.6. The van der Waals surface area contributed by atoms with Gasteiger partial charge in [-0.25, -0.2) is 9.80 Å². The van der Waals surface area contributed by atoms with Gasteiger partial charge in [0.2, 0.25) is 11.8 Å².